The SMILES string of the molecule is CCN(Cc1ccccn1)CC1(CS)CCOCC1. The van der Waals surface area contributed by atoms with Crippen LogP contribution >= 0.6 is 12.6 Å². The molecule has 3 nitrogen and oxygen atoms in total. The lowest BCUT2D eigenvalue weighted by Crippen LogP contribution is -2.42. The van der Waals surface area contributed by atoms with E-state index in [0.717, 1.165) is 57.1 Å². The van der Waals surface area contributed by atoms with Crippen LogP contribution < -0.4 is 0 Å². The fourth-order valence-corrected chi connectivity index (χ4v) is 3.06. The number of rotatable bonds is 6. The summed E-state index contributed by atoms with van der Waals surface area (Å²) in [5, 5.41) is 0. The summed E-state index contributed by atoms with van der Waals surface area (Å²) in [4.78, 5) is 6.90. The molecule has 1 aliphatic heterocycles. The second-order valence-electron chi connectivity index (χ2n) is 5.39. The molecule has 1 aliphatic rings. The summed E-state index contributed by atoms with van der Waals surface area (Å²) in [5.41, 5.74) is 1.46. The Morgan fingerprint density at radius 3 is 2.74 bits per heavy atom. The molecular weight excluding hydrogens is 256 g/mol. The molecule has 0 amide bonds. The van der Waals surface area contributed by atoms with Gasteiger partial charge in [-0.1, -0.05) is 13.0 Å². The lowest BCUT2D eigenvalue weighted by Gasteiger charge is -2.39. The van der Waals surface area contributed by atoms with Crippen molar-refractivity contribution in [3.63, 3.8) is 0 Å². The summed E-state index contributed by atoms with van der Waals surface area (Å²) in [6, 6.07) is 6.12. The van der Waals surface area contributed by atoms with Crippen molar-refractivity contribution in [2.75, 3.05) is 32.1 Å². The number of thiol groups is 1. The Morgan fingerprint density at radius 2 is 2.16 bits per heavy atom. The molecule has 19 heavy (non-hydrogen) atoms. The van der Waals surface area contributed by atoms with Crippen LogP contribution in [0.4, 0.5) is 0 Å². The normalized spacial score (nSPS) is 18.7. The first-order chi connectivity index (χ1) is 9.28. The standard InChI is InChI=1S/C15H24N2OS/c1-2-17(11-14-5-3-4-8-16-14)12-15(13-19)6-9-18-10-7-15/h3-5,8,19H,2,6-7,9-13H2,1H3. The van der Waals surface area contributed by atoms with Gasteiger partial charge in [0.25, 0.3) is 0 Å². The quantitative estimate of drug-likeness (QED) is 0.811. The average molecular weight is 280 g/mol. The highest BCUT2D eigenvalue weighted by molar-refractivity contribution is 7.80. The second-order valence-corrected chi connectivity index (χ2v) is 5.71. The number of nitrogens with zero attached hydrogens (tertiary/aromatic N) is 2. The molecule has 0 N–H and O–H groups in total. The van der Waals surface area contributed by atoms with E-state index in [1.54, 1.807) is 0 Å². The molecule has 0 aliphatic carbocycles. The van der Waals surface area contributed by atoms with E-state index in [0.29, 0.717) is 5.41 Å². The lowest BCUT2D eigenvalue weighted by atomic mass is 9.81. The third-order valence-corrected chi connectivity index (χ3v) is 4.68. The largest absolute Gasteiger partial charge is 0.381 e. The molecule has 0 atom stereocenters. The van der Waals surface area contributed by atoms with Crippen molar-refractivity contribution in [3.8, 4) is 0 Å². The fraction of sp³-hybridized carbons (Fsp3) is 0.667. The van der Waals surface area contributed by atoms with E-state index < -0.39 is 0 Å². The van der Waals surface area contributed by atoms with Gasteiger partial charge in [-0.15, -0.1) is 0 Å². The van der Waals surface area contributed by atoms with Gasteiger partial charge in [0.2, 0.25) is 0 Å². The summed E-state index contributed by atoms with van der Waals surface area (Å²) in [7, 11) is 0. The summed E-state index contributed by atoms with van der Waals surface area (Å²) in [5.74, 6) is 0.940. The highest BCUT2D eigenvalue weighted by Crippen LogP contribution is 2.33. The highest BCUT2D eigenvalue weighted by atomic mass is 32.1. The van der Waals surface area contributed by atoms with Crippen LogP contribution in [-0.4, -0.2) is 41.9 Å². The molecule has 0 aromatic carbocycles. The van der Waals surface area contributed by atoms with Gasteiger partial charge in [0.05, 0.1) is 5.69 Å². The molecule has 0 radical (unpaired) electrons. The maximum absolute atomic E-state index is 5.50. The number of hydrogen-bond acceptors (Lipinski definition) is 4. The Labute approximate surface area is 121 Å². The summed E-state index contributed by atoms with van der Waals surface area (Å²) in [6.07, 6.45) is 4.11. The maximum atomic E-state index is 5.50. The van der Waals surface area contributed by atoms with E-state index >= 15 is 0 Å². The number of ether oxygens (including phenoxy) is 1. The van der Waals surface area contributed by atoms with Crippen LogP contribution in [0.5, 0.6) is 0 Å². The predicted molar refractivity (Wildman–Crippen MR) is 81.5 cm³/mol. The predicted octanol–water partition coefficient (Wildman–Crippen LogP) is 2.63. The van der Waals surface area contributed by atoms with Gasteiger partial charge in [-0.05, 0) is 42.7 Å². The van der Waals surface area contributed by atoms with Gasteiger partial charge >= 0.3 is 0 Å². The van der Waals surface area contributed by atoms with E-state index in [-0.39, 0.29) is 0 Å². The third-order valence-electron chi connectivity index (χ3n) is 4.01. The number of hydrogen-bond donors (Lipinski definition) is 1. The van der Waals surface area contributed by atoms with E-state index in [1.807, 2.05) is 12.3 Å². The van der Waals surface area contributed by atoms with E-state index in [2.05, 4.69) is 41.6 Å². The van der Waals surface area contributed by atoms with Crippen molar-refractivity contribution < 1.29 is 4.74 Å². The molecule has 1 aromatic rings. The van der Waals surface area contributed by atoms with E-state index in [4.69, 9.17) is 4.74 Å². The molecule has 1 aromatic heterocycles. The van der Waals surface area contributed by atoms with Crippen LogP contribution in [0.3, 0.4) is 0 Å². The molecule has 2 rings (SSSR count). The fourth-order valence-electron chi connectivity index (χ4n) is 2.65. The van der Waals surface area contributed by atoms with Crippen LogP contribution in [-0.2, 0) is 11.3 Å². The van der Waals surface area contributed by atoms with Crippen molar-refractivity contribution in [2.24, 2.45) is 5.41 Å². The van der Waals surface area contributed by atoms with Crippen LogP contribution in [0.2, 0.25) is 0 Å². The smallest absolute Gasteiger partial charge is 0.0543 e. The van der Waals surface area contributed by atoms with Crippen molar-refractivity contribution in [1.82, 2.24) is 9.88 Å². The van der Waals surface area contributed by atoms with Gasteiger partial charge in [-0.25, -0.2) is 0 Å². The summed E-state index contributed by atoms with van der Waals surface area (Å²) >= 11 is 4.59. The molecule has 2 heterocycles. The van der Waals surface area contributed by atoms with Crippen molar-refractivity contribution in [2.45, 2.75) is 26.3 Å². The van der Waals surface area contributed by atoms with Crippen LogP contribution in [0.1, 0.15) is 25.5 Å². The van der Waals surface area contributed by atoms with Crippen LogP contribution in [0.25, 0.3) is 0 Å². The zero-order valence-corrected chi connectivity index (χ0v) is 12.6. The molecule has 1 fully saturated rings. The van der Waals surface area contributed by atoms with E-state index in [9.17, 15) is 0 Å². The maximum Gasteiger partial charge on any atom is 0.0543 e. The first-order valence-corrected chi connectivity index (χ1v) is 7.72. The third kappa shape index (κ3) is 4.20. The molecule has 0 saturated carbocycles. The topological polar surface area (TPSA) is 25.4 Å². The average Bonchev–Trinajstić information content (AvgIpc) is 2.48. The minimum atomic E-state index is 0.312. The second kappa shape index (κ2) is 7.27. The van der Waals surface area contributed by atoms with Crippen LogP contribution in [0, 0.1) is 5.41 Å². The zero-order valence-electron chi connectivity index (χ0n) is 11.7. The Balaban J connectivity index is 1.97. The minimum Gasteiger partial charge on any atom is -0.381 e. The van der Waals surface area contributed by atoms with Gasteiger partial charge in [0.1, 0.15) is 0 Å². The van der Waals surface area contributed by atoms with Crippen molar-refractivity contribution in [1.29, 1.82) is 0 Å². The Morgan fingerprint density at radius 1 is 1.37 bits per heavy atom. The van der Waals surface area contributed by atoms with Gasteiger partial charge in [-0.3, -0.25) is 9.88 Å². The van der Waals surface area contributed by atoms with E-state index in [1.165, 1.54) is 0 Å². The molecule has 1 saturated heterocycles. The summed E-state index contributed by atoms with van der Waals surface area (Å²) in [6.45, 7) is 7.03. The van der Waals surface area contributed by atoms with Crippen molar-refractivity contribution >= 4 is 12.6 Å². The van der Waals surface area contributed by atoms with Crippen LogP contribution in [0.15, 0.2) is 24.4 Å². The molecule has 4 heteroatoms. The Hall–Kier alpha value is -0.580. The summed E-state index contributed by atoms with van der Waals surface area (Å²) < 4.78 is 5.50. The minimum absolute atomic E-state index is 0.312. The van der Waals surface area contributed by atoms with Gasteiger partial charge < -0.3 is 4.74 Å². The van der Waals surface area contributed by atoms with Gasteiger partial charge in [-0.2, -0.15) is 12.6 Å². The first kappa shape index (κ1) is 14.8. The van der Waals surface area contributed by atoms with Crippen molar-refractivity contribution in [3.05, 3.63) is 30.1 Å². The monoisotopic (exact) mass is 280 g/mol. The van der Waals surface area contributed by atoms with Gasteiger partial charge in [0, 0.05) is 32.5 Å². The zero-order chi connectivity index (χ0) is 13.6. The molecular formula is C15H24N2OS. The number of pyridine rings is 1. The Kier molecular flexibility index (Phi) is 5.67. The van der Waals surface area contributed by atoms with Gasteiger partial charge in [0.15, 0.2) is 0 Å². The lowest BCUT2D eigenvalue weighted by molar-refractivity contribution is 0.00704. The Bertz CT molecular complexity index is 366. The number of aromatic nitrogens is 1. The molecule has 106 valence electrons. The molecule has 0 unspecified atom stereocenters. The molecule has 0 spiro atoms. The molecule has 0 bridgehead atoms. The highest BCUT2D eigenvalue weighted by Gasteiger charge is 2.32. The first-order valence-electron chi connectivity index (χ1n) is 7.09.